The van der Waals surface area contributed by atoms with Crippen LogP contribution in [-0.2, 0) is 6.18 Å². The number of nitrogens with one attached hydrogen (secondary N) is 2. The van der Waals surface area contributed by atoms with Crippen molar-refractivity contribution in [2.75, 3.05) is 5.43 Å². The third kappa shape index (κ3) is 3.89. The molecule has 1 rings (SSSR count). The average Bonchev–Trinajstić information content (AvgIpc) is 2.29. The summed E-state index contributed by atoms with van der Waals surface area (Å²) >= 11 is 0. The van der Waals surface area contributed by atoms with Crippen LogP contribution in [0.3, 0.4) is 0 Å². The fraction of sp³-hybridized carbons (Fsp3) is 0.545. The normalized spacial score (nSPS) is 11.9. The summed E-state index contributed by atoms with van der Waals surface area (Å²) in [5.41, 5.74) is 4.61. The number of alkyl halides is 3. The van der Waals surface area contributed by atoms with Crippen molar-refractivity contribution in [2.45, 2.75) is 38.9 Å². The Morgan fingerprint density at radius 3 is 2.47 bits per heavy atom. The first-order chi connectivity index (χ1) is 7.99. The highest BCUT2D eigenvalue weighted by molar-refractivity contribution is 5.44. The van der Waals surface area contributed by atoms with Crippen LogP contribution < -0.4 is 10.9 Å². The molecular formula is C11H16F3N3. The van der Waals surface area contributed by atoms with Gasteiger partial charge >= 0.3 is 6.18 Å². The summed E-state index contributed by atoms with van der Waals surface area (Å²) in [6.45, 7) is 3.93. The van der Waals surface area contributed by atoms with Gasteiger partial charge in [0.25, 0.3) is 0 Å². The van der Waals surface area contributed by atoms with Gasteiger partial charge in [0.2, 0.25) is 0 Å². The fourth-order valence-corrected chi connectivity index (χ4v) is 1.40. The third-order valence-electron chi connectivity index (χ3n) is 2.49. The van der Waals surface area contributed by atoms with Crippen LogP contribution in [0.4, 0.5) is 19.0 Å². The zero-order chi connectivity index (χ0) is 12.9. The van der Waals surface area contributed by atoms with Crippen LogP contribution >= 0.6 is 0 Å². The first-order valence-corrected chi connectivity index (χ1v) is 5.52. The maximum absolute atomic E-state index is 12.6. The van der Waals surface area contributed by atoms with Crippen molar-refractivity contribution in [3.05, 3.63) is 23.9 Å². The summed E-state index contributed by atoms with van der Waals surface area (Å²) in [5.74, 6) is -0.188. The zero-order valence-corrected chi connectivity index (χ0v) is 9.80. The molecular weight excluding hydrogens is 231 g/mol. The zero-order valence-electron chi connectivity index (χ0n) is 9.80. The van der Waals surface area contributed by atoms with Gasteiger partial charge < -0.3 is 5.43 Å². The summed E-state index contributed by atoms with van der Waals surface area (Å²) in [4.78, 5) is 3.69. The van der Waals surface area contributed by atoms with Gasteiger partial charge in [0, 0.05) is 12.2 Å². The molecule has 1 aromatic heterocycles. The molecule has 1 heterocycles. The standard InChI is InChI=1S/C11H16F3N3/c1-3-8(4-2)16-17-10-9(11(12,13)14)6-5-7-15-10/h5-8,16H,3-4H2,1-2H3,(H,15,17). The molecule has 0 bridgehead atoms. The highest BCUT2D eigenvalue weighted by atomic mass is 19.4. The molecule has 0 fully saturated rings. The van der Waals surface area contributed by atoms with Crippen molar-refractivity contribution < 1.29 is 13.2 Å². The number of hydrogen-bond donors (Lipinski definition) is 2. The number of pyridine rings is 1. The Morgan fingerprint density at radius 2 is 1.94 bits per heavy atom. The Morgan fingerprint density at radius 1 is 1.29 bits per heavy atom. The Kier molecular flexibility index (Phi) is 4.74. The van der Waals surface area contributed by atoms with Crippen molar-refractivity contribution >= 4 is 5.82 Å². The van der Waals surface area contributed by atoms with Gasteiger partial charge in [-0.05, 0) is 25.0 Å². The Bertz CT molecular complexity index is 348. The summed E-state index contributed by atoms with van der Waals surface area (Å²) in [5, 5.41) is 0. The van der Waals surface area contributed by atoms with Crippen molar-refractivity contribution in [2.24, 2.45) is 0 Å². The second kappa shape index (κ2) is 5.86. The first-order valence-electron chi connectivity index (χ1n) is 5.52. The number of nitrogens with zero attached hydrogens (tertiary/aromatic N) is 1. The van der Waals surface area contributed by atoms with E-state index in [-0.39, 0.29) is 11.9 Å². The van der Waals surface area contributed by atoms with Crippen LogP contribution in [-0.4, -0.2) is 11.0 Å². The van der Waals surface area contributed by atoms with E-state index in [1.54, 1.807) is 0 Å². The summed E-state index contributed by atoms with van der Waals surface area (Å²) in [6, 6.07) is 2.40. The molecule has 0 saturated heterocycles. The molecule has 0 aliphatic heterocycles. The molecule has 0 aliphatic rings. The van der Waals surface area contributed by atoms with Crippen LogP contribution in [0.1, 0.15) is 32.3 Å². The summed E-state index contributed by atoms with van der Waals surface area (Å²) in [7, 11) is 0. The van der Waals surface area contributed by atoms with Gasteiger partial charge in [0.15, 0.2) is 5.82 Å². The molecule has 0 atom stereocenters. The molecule has 0 amide bonds. The van der Waals surface area contributed by atoms with Gasteiger partial charge in [0.05, 0.1) is 5.56 Å². The molecule has 0 spiro atoms. The van der Waals surface area contributed by atoms with Crippen LogP contribution in [0.25, 0.3) is 0 Å². The minimum absolute atomic E-state index is 0.123. The quantitative estimate of drug-likeness (QED) is 0.784. The summed E-state index contributed by atoms with van der Waals surface area (Å²) < 4.78 is 37.9. The van der Waals surface area contributed by atoms with E-state index in [0.717, 1.165) is 18.9 Å². The van der Waals surface area contributed by atoms with Gasteiger partial charge in [-0.3, -0.25) is 0 Å². The lowest BCUT2D eigenvalue weighted by molar-refractivity contribution is -0.137. The Balaban J connectivity index is 2.77. The van der Waals surface area contributed by atoms with E-state index >= 15 is 0 Å². The number of aromatic nitrogens is 1. The summed E-state index contributed by atoms with van der Waals surface area (Å²) in [6.07, 6.45) is -1.41. The van der Waals surface area contributed by atoms with E-state index in [1.165, 1.54) is 12.3 Å². The number of anilines is 1. The van der Waals surface area contributed by atoms with E-state index < -0.39 is 11.7 Å². The Labute approximate surface area is 98.4 Å². The molecule has 1 aromatic rings. The van der Waals surface area contributed by atoms with Crippen LogP contribution in [0, 0.1) is 0 Å². The number of rotatable bonds is 5. The van der Waals surface area contributed by atoms with Crippen molar-refractivity contribution in [1.29, 1.82) is 0 Å². The number of hydrazine groups is 1. The van der Waals surface area contributed by atoms with Crippen LogP contribution in [0.5, 0.6) is 0 Å². The number of hydrogen-bond acceptors (Lipinski definition) is 3. The highest BCUT2D eigenvalue weighted by Gasteiger charge is 2.34. The molecule has 0 radical (unpaired) electrons. The third-order valence-corrected chi connectivity index (χ3v) is 2.49. The molecule has 17 heavy (non-hydrogen) atoms. The molecule has 0 saturated carbocycles. The SMILES string of the molecule is CCC(CC)NNc1ncccc1C(F)(F)F. The molecule has 3 nitrogen and oxygen atoms in total. The van der Waals surface area contributed by atoms with Crippen LogP contribution in [0.2, 0.25) is 0 Å². The highest BCUT2D eigenvalue weighted by Crippen LogP contribution is 2.33. The largest absolute Gasteiger partial charge is 0.419 e. The topological polar surface area (TPSA) is 37.0 Å². The monoisotopic (exact) mass is 247 g/mol. The van der Waals surface area contributed by atoms with E-state index in [4.69, 9.17) is 0 Å². The Hall–Kier alpha value is -1.30. The molecule has 2 N–H and O–H groups in total. The minimum atomic E-state index is -4.40. The molecule has 96 valence electrons. The lowest BCUT2D eigenvalue weighted by Crippen LogP contribution is -2.34. The average molecular weight is 247 g/mol. The van der Waals surface area contributed by atoms with E-state index in [9.17, 15) is 13.2 Å². The maximum Gasteiger partial charge on any atom is 0.419 e. The maximum atomic E-state index is 12.6. The van der Waals surface area contributed by atoms with E-state index in [2.05, 4.69) is 15.8 Å². The van der Waals surface area contributed by atoms with Crippen molar-refractivity contribution in [1.82, 2.24) is 10.4 Å². The van der Waals surface area contributed by atoms with Crippen LogP contribution in [0.15, 0.2) is 18.3 Å². The second-order valence-electron chi connectivity index (χ2n) is 3.68. The van der Waals surface area contributed by atoms with Gasteiger partial charge in [-0.2, -0.15) is 13.2 Å². The minimum Gasteiger partial charge on any atom is -0.305 e. The lowest BCUT2D eigenvalue weighted by atomic mass is 10.2. The lowest BCUT2D eigenvalue weighted by Gasteiger charge is -2.18. The fourth-order valence-electron chi connectivity index (χ4n) is 1.40. The first kappa shape index (κ1) is 13.8. The molecule has 0 unspecified atom stereocenters. The number of halogens is 3. The van der Waals surface area contributed by atoms with Crippen molar-refractivity contribution in [3.63, 3.8) is 0 Å². The van der Waals surface area contributed by atoms with E-state index in [0.29, 0.717) is 0 Å². The second-order valence-corrected chi connectivity index (χ2v) is 3.68. The van der Waals surface area contributed by atoms with Gasteiger partial charge in [-0.15, -0.1) is 0 Å². The predicted molar refractivity (Wildman–Crippen MR) is 60.4 cm³/mol. The molecule has 0 aliphatic carbocycles. The van der Waals surface area contributed by atoms with Gasteiger partial charge in [0.1, 0.15) is 0 Å². The van der Waals surface area contributed by atoms with Crippen molar-refractivity contribution in [3.8, 4) is 0 Å². The van der Waals surface area contributed by atoms with Gasteiger partial charge in [-0.25, -0.2) is 10.4 Å². The van der Waals surface area contributed by atoms with E-state index in [1.807, 2.05) is 13.8 Å². The molecule has 0 aromatic carbocycles. The van der Waals surface area contributed by atoms with Gasteiger partial charge in [-0.1, -0.05) is 13.8 Å². The predicted octanol–water partition coefficient (Wildman–Crippen LogP) is 3.21. The molecule has 6 heteroatoms. The smallest absolute Gasteiger partial charge is 0.305 e.